The fourth-order valence-electron chi connectivity index (χ4n) is 2.10. The fraction of sp³-hybridized carbons (Fsp3) is 0.250. The summed E-state index contributed by atoms with van der Waals surface area (Å²) in [7, 11) is 1.22. The van der Waals surface area contributed by atoms with Crippen molar-refractivity contribution in [3.05, 3.63) is 59.7 Å². The summed E-state index contributed by atoms with van der Waals surface area (Å²) in [5, 5.41) is 0. The van der Waals surface area contributed by atoms with Crippen LogP contribution in [0.25, 0.3) is 0 Å². The zero-order chi connectivity index (χ0) is 17.2. The minimum absolute atomic E-state index is 0.105. The van der Waals surface area contributed by atoms with Crippen LogP contribution < -0.4 is 4.90 Å². The molecule has 2 rings (SSSR count). The van der Waals surface area contributed by atoms with E-state index in [-0.39, 0.29) is 6.54 Å². The van der Waals surface area contributed by atoms with Crippen LogP contribution in [0.15, 0.2) is 47.4 Å². The van der Waals surface area contributed by atoms with Crippen LogP contribution in [-0.2, 0) is 16.6 Å². The van der Waals surface area contributed by atoms with Gasteiger partial charge in [-0.25, -0.2) is 17.2 Å². The normalized spacial score (nSPS) is 11.7. The van der Waals surface area contributed by atoms with Crippen molar-refractivity contribution in [2.75, 3.05) is 26.0 Å². The zero-order valence-electron chi connectivity index (χ0n) is 13.1. The van der Waals surface area contributed by atoms with Gasteiger partial charge in [0.25, 0.3) is 0 Å². The number of nitrogens with zero attached hydrogens (tertiary/aromatic N) is 2. The molecule has 0 saturated carbocycles. The van der Waals surface area contributed by atoms with Crippen molar-refractivity contribution in [3.8, 4) is 0 Å². The van der Waals surface area contributed by atoms with Gasteiger partial charge in [-0.1, -0.05) is 12.1 Å². The van der Waals surface area contributed by atoms with Gasteiger partial charge in [-0.15, -0.1) is 0 Å². The van der Waals surface area contributed by atoms with Crippen LogP contribution in [0.2, 0.25) is 0 Å². The van der Waals surface area contributed by atoms with E-state index in [2.05, 4.69) is 0 Å². The molecule has 0 fully saturated rings. The smallest absolute Gasteiger partial charge is 0.243 e. The molecule has 0 amide bonds. The van der Waals surface area contributed by atoms with Crippen molar-refractivity contribution in [1.82, 2.24) is 4.31 Å². The van der Waals surface area contributed by atoms with E-state index in [1.165, 1.54) is 7.05 Å². The van der Waals surface area contributed by atoms with Crippen LogP contribution in [0.4, 0.5) is 14.5 Å². The number of halogens is 2. The lowest BCUT2D eigenvalue weighted by molar-refractivity contribution is 0.464. The third-order valence-corrected chi connectivity index (χ3v) is 5.18. The van der Waals surface area contributed by atoms with E-state index in [0.717, 1.165) is 27.7 Å². The van der Waals surface area contributed by atoms with Crippen molar-refractivity contribution in [2.45, 2.75) is 11.4 Å². The molecule has 0 N–H and O–H groups in total. The highest BCUT2D eigenvalue weighted by Gasteiger charge is 2.22. The van der Waals surface area contributed by atoms with Gasteiger partial charge in [-0.2, -0.15) is 4.31 Å². The number of rotatable bonds is 5. The highest BCUT2D eigenvalue weighted by Crippen LogP contribution is 2.20. The molecule has 23 heavy (non-hydrogen) atoms. The van der Waals surface area contributed by atoms with Crippen LogP contribution in [0, 0.1) is 11.6 Å². The van der Waals surface area contributed by atoms with Crippen molar-refractivity contribution >= 4 is 15.7 Å². The predicted octanol–water partition coefficient (Wildman–Crippen LogP) is 2.85. The highest BCUT2D eigenvalue weighted by molar-refractivity contribution is 7.89. The Hall–Kier alpha value is -1.99. The second-order valence-corrected chi connectivity index (χ2v) is 7.47. The maximum Gasteiger partial charge on any atom is 0.243 e. The molecule has 0 heterocycles. The van der Waals surface area contributed by atoms with E-state index in [4.69, 9.17) is 0 Å². The zero-order valence-corrected chi connectivity index (χ0v) is 13.9. The minimum Gasteiger partial charge on any atom is -0.378 e. The topological polar surface area (TPSA) is 40.6 Å². The van der Waals surface area contributed by atoms with Crippen LogP contribution in [0.5, 0.6) is 0 Å². The van der Waals surface area contributed by atoms with Crippen LogP contribution in [-0.4, -0.2) is 33.9 Å². The van der Waals surface area contributed by atoms with E-state index in [1.54, 1.807) is 0 Å². The van der Waals surface area contributed by atoms with E-state index < -0.39 is 26.6 Å². The average molecular weight is 340 g/mol. The molecule has 0 atom stereocenters. The molecule has 0 radical (unpaired) electrons. The summed E-state index contributed by atoms with van der Waals surface area (Å²) in [6, 6.07) is 9.63. The Morgan fingerprint density at radius 1 is 0.913 bits per heavy atom. The first-order chi connectivity index (χ1) is 10.7. The van der Waals surface area contributed by atoms with Crippen LogP contribution in [0.3, 0.4) is 0 Å². The van der Waals surface area contributed by atoms with Crippen molar-refractivity contribution in [1.29, 1.82) is 0 Å². The molecule has 2 aromatic carbocycles. The van der Waals surface area contributed by atoms with Gasteiger partial charge in [0.1, 0.15) is 11.6 Å². The van der Waals surface area contributed by atoms with Gasteiger partial charge in [0.05, 0.1) is 4.90 Å². The maximum absolute atomic E-state index is 13.2. The summed E-state index contributed by atoms with van der Waals surface area (Å²) in [5.41, 5.74) is 1.77. The lowest BCUT2D eigenvalue weighted by Gasteiger charge is -2.18. The molecular formula is C16H18F2N2O2S. The summed E-state index contributed by atoms with van der Waals surface area (Å²) in [6.07, 6.45) is 0. The van der Waals surface area contributed by atoms with Crippen LogP contribution in [0.1, 0.15) is 5.56 Å². The summed E-state index contributed by atoms with van der Waals surface area (Å²) < 4.78 is 52.3. The average Bonchev–Trinajstić information content (AvgIpc) is 2.46. The molecular weight excluding hydrogens is 322 g/mol. The molecule has 0 spiro atoms. The summed E-state index contributed by atoms with van der Waals surface area (Å²) in [4.78, 5) is 1.53. The standard InChI is InChI=1S/C16H18F2N2O2S/c1-19(2)15-6-4-12(5-7-15)11-20(3)23(21,22)16-9-13(17)8-14(18)10-16/h4-10H,11H2,1-3H3. The Balaban J connectivity index is 2.23. The number of hydrogen-bond acceptors (Lipinski definition) is 3. The summed E-state index contributed by atoms with van der Waals surface area (Å²) >= 11 is 0. The number of benzene rings is 2. The van der Waals surface area contributed by atoms with Crippen molar-refractivity contribution < 1.29 is 17.2 Å². The highest BCUT2D eigenvalue weighted by atomic mass is 32.2. The monoisotopic (exact) mass is 340 g/mol. The van der Waals surface area contributed by atoms with Gasteiger partial charge in [0.15, 0.2) is 0 Å². The molecule has 0 aliphatic rings. The van der Waals surface area contributed by atoms with Gasteiger partial charge in [0.2, 0.25) is 10.0 Å². The predicted molar refractivity (Wildman–Crippen MR) is 85.8 cm³/mol. The molecule has 0 aliphatic heterocycles. The Morgan fingerprint density at radius 2 is 1.43 bits per heavy atom. The Bertz CT molecular complexity index is 770. The van der Waals surface area contributed by atoms with E-state index >= 15 is 0 Å². The van der Waals surface area contributed by atoms with Crippen molar-refractivity contribution in [2.24, 2.45) is 0 Å². The second-order valence-electron chi connectivity index (χ2n) is 5.43. The molecule has 7 heteroatoms. The van der Waals surface area contributed by atoms with Gasteiger partial charge in [-0.3, -0.25) is 0 Å². The number of sulfonamides is 1. The van der Waals surface area contributed by atoms with E-state index in [0.29, 0.717) is 6.07 Å². The van der Waals surface area contributed by atoms with Gasteiger partial charge in [-0.05, 0) is 29.8 Å². The lowest BCUT2D eigenvalue weighted by Crippen LogP contribution is -2.26. The third-order valence-electron chi connectivity index (χ3n) is 3.40. The van der Waals surface area contributed by atoms with Crippen molar-refractivity contribution in [3.63, 3.8) is 0 Å². The summed E-state index contributed by atoms with van der Waals surface area (Å²) in [6.45, 7) is 0.105. The quantitative estimate of drug-likeness (QED) is 0.840. The Morgan fingerprint density at radius 3 is 1.91 bits per heavy atom. The Kier molecular flexibility index (Phi) is 5.01. The fourth-order valence-corrected chi connectivity index (χ4v) is 3.30. The molecule has 0 saturated heterocycles. The molecule has 124 valence electrons. The maximum atomic E-state index is 13.2. The van der Waals surface area contributed by atoms with Gasteiger partial charge < -0.3 is 4.90 Å². The van der Waals surface area contributed by atoms with E-state index in [1.807, 2.05) is 43.3 Å². The molecule has 2 aromatic rings. The minimum atomic E-state index is -3.97. The van der Waals surface area contributed by atoms with Gasteiger partial charge in [0, 0.05) is 39.4 Å². The second kappa shape index (κ2) is 6.64. The molecule has 0 aromatic heterocycles. The third kappa shape index (κ3) is 4.05. The largest absolute Gasteiger partial charge is 0.378 e. The first-order valence-electron chi connectivity index (χ1n) is 6.89. The molecule has 4 nitrogen and oxygen atoms in total. The molecule has 0 aliphatic carbocycles. The van der Waals surface area contributed by atoms with Gasteiger partial charge >= 0.3 is 0 Å². The summed E-state index contributed by atoms with van der Waals surface area (Å²) in [5.74, 6) is -1.85. The lowest BCUT2D eigenvalue weighted by atomic mass is 10.2. The first-order valence-corrected chi connectivity index (χ1v) is 8.33. The number of hydrogen-bond donors (Lipinski definition) is 0. The number of anilines is 1. The van der Waals surface area contributed by atoms with E-state index in [9.17, 15) is 17.2 Å². The Labute approximate surface area is 135 Å². The van der Waals surface area contributed by atoms with Crippen LogP contribution >= 0.6 is 0 Å². The molecule has 0 bridgehead atoms. The molecule has 0 unspecified atom stereocenters. The first kappa shape index (κ1) is 17.4. The SMILES string of the molecule is CN(C)c1ccc(CN(C)S(=O)(=O)c2cc(F)cc(F)c2)cc1.